The van der Waals surface area contributed by atoms with Gasteiger partial charge in [-0.05, 0) is 30.9 Å². The highest BCUT2D eigenvalue weighted by atomic mass is 32.2. The Morgan fingerprint density at radius 1 is 1.21 bits per heavy atom. The summed E-state index contributed by atoms with van der Waals surface area (Å²) >= 11 is 0. The Morgan fingerprint density at radius 2 is 1.92 bits per heavy atom. The summed E-state index contributed by atoms with van der Waals surface area (Å²) < 4.78 is 31.2. The van der Waals surface area contributed by atoms with E-state index in [2.05, 4.69) is 5.32 Å². The van der Waals surface area contributed by atoms with Crippen molar-refractivity contribution in [3.05, 3.63) is 29.8 Å². The van der Waals surface area contributed by atoms with Crippen LogP contribution in [0.15, 0.2) is 24.3 Å². The van der Waals surface area contributed by atoms with Gasteiger partial charge in [0.1, 0.15) is 5.75 Å². The van der Waals surface area contributed by atoms with Crippen molar-refractivity contribution in [2.24, 2.45) is 0 Å². The first-order valence-corrected chi connectivity index (χ1v) is 10.0. The molecule has 1 N–H and O–H groups in total. The van der Waals surface area contributed by atoms with E-state index >= 15 is 0 Å². The van der Waals surface area contributed by atoms with Gasteiger partial charge in [-0.15, -0.1) is 0 Å². The molecule has 1 amide bonds. The van der Waals surface area contributed by atoms with E-state index < -0.39 is 10.0 Å². The summed E-state index contributed by atoms with van der Waals surface area (Å²) in [5, 5.41) is 2.78. The number of methoxy groups -OCH3 is 1. The van der Waals surface area contributed by atoms with Gasteiger partial charge in [-0.25, -0.2) is 12.7 Å². The molecule has 1 aromatic rings. The lowest BCUT2D eigenvalue weighted by Gasteiger charge is -2.25. The molecule has 1 aromatic carbocycles. The van der Waals surface area contributed by atoms with Crippen molar-refractivity contribution in [2.75, 3.05) is 32.5 Å². The molecule has 0 spiro atoms. The highest BCUT2D eigenvalue weighted by molar-refractivity contribution is 7.89. The first kappa shape index (κ1) is 18.7. The summed E-state index contributed by atoms with van der Waals surface area (Å²) in [4.78, 5) is 11.9. The number of nitrogens with zero attached hydrogens (tertiary/aromatic N) is 1. The van der Waals surface area contributed by atoms with Crippen LogP contribution in [-0.2, 0) is 21.2 Å². The van der Waals surface area contributed by atoms with Crippen LogP contribution in [-0.4, -0.2) is 51.1 Å². The van der Waals surface area contributed by atoms with Crippen LogP contribution in [0.1, 0.15) is 31.2 Å². The maximum atomic E-state index is 12.2. The van der Waals surface area contributed by atoms with Gasteiger partial charge in [0, 0.05) is 26.1 Å². The zero-order valence-electron chi connectivity index (χ0n) is 14.2. The van der Waals surface area contributed by atoms with E-state index in [1.165, 1.54) is 4.31 Å². The largest absolute Gasteiger partial charge is 0.496 e. The maximum Gasteiger partial charge on any atom is 0.221 e. The molecule has 0 aromatic heterocycles. The second-order valence-electron chi connectivity index (χ2n) is 5.94. The van der Waals surface area contributed by atoms with Crippen LogP contribution in [0.25, 0.3) is 0 Å². The molecule has 134 valence electrons. The lowest BCUT2D eigenvalue weighted by Crippen LogP contribution is -2.38. The summed E-state index contributed by atoms with van der Waals surface area (Å²) in [5.41, 5.74) is 1.02. The molecule has 24 heavy (non-hydrogen) atoms. The summed E-state index contributed by atoms with van der Waals surface area (Å²) in [6, 6.07) is 7.64. The van der Waals surface area contributed by atoms with Crippen molar-refractivity contribution in [3.63, 3.8) is 0 Å². The minimum Gasteiger partial charge on any atom is -0.496 e. The SMILES string of the molecule is COc1ccccc1CCNC(=O)CCS(=O)(=O)N1CCCCC1. The van der Waals surface area contributed by atoms with Crippen LogP contribution in [0.2, 0.25) is 0 Å². The number of sulfonamides is 1. The van der Waals surface area contributed by atoms with Crippen LogP contribution in [0.4, 0.5) is 0 Å². The fourth-order valence-electron chi connectivity index (χ4n) is 2.83. The van der Waals surface area contributed by atoms with E-state index in [0.717, 1.165) is 30.6 Å². The van der Waals surface area contributed by atoms with Crippen molar-refractivity contribution in [1.29, 1.82) is 0 Å². The molecule has 0 unspecified atom stereocenters. The quantitative estimate of drug-likeness (QED) is 0.769. The number of rotatable bonds is 8. The molecule has 1 fully saturated rings. The average molecular weight is 354 g/mol. The Balaban J connectivity index is 1.73. The third-order valence-corrected chi connectivity index (χ3v) is 6.08. The lowest BCUT2D eigenvalue weighted by atomic mass is 10.1. The number of hydrogen-bond acceptors (Lipinski definition) is 4. The zero-order chi connectivity index (χ0) is 17.4. The van der Waals surface area contributed by atoms with Gasteiger partial charge in [0.15, 0.2) is 0 Å². The molecule has 1 heterocycles. The molecule has 0 saturated carbocycles. The Morgan fingerprint density at radius 3 is 2.62 bits per heavy atom. The number of ether oxygens (including phenoxy) is 1. The van der Waals surface area contributed by atoms with Gasteiger partial charge < -0.3 is 10.1 Å². The van der Waals surface area contributed by atoms with Crippen molar-refractivity contribution in [3.8, 4) is 5.75 Å². The van der Waals surface area contributed by atoms with Crippen molar-refractivity contribution >= 4 is 15.9 Å². The van der Waals surface area contributed by atoms with E-state index in [4.69, 9.17) is 4.74 Å². The van der Waals surface area contributed by atoms with Gasteiger partial charge in [0.05, 0.1) is 12.9 Å². The first-order chi connectivity index (χ1) is 11.5. The zero-order valence-corrected chi connectivity index (χ0v) is 15.0. The molecule has 7 heteroatoms. The van der Waals surface area contributed by atoms with Crippen LogP contribution >= 0.6 is 0 Å². The lowest BCUT2D eigenvalue weighted by molar-refractivity contribution is -0.120. The standard InChI is InChI=1S/C17H26N2O4S/c1-23-16-8-4-3-7-15(16)9-11-18-17(20)10-14-24(21,22)19-12-5-2-6-13-19/h3-4,7-8H,2,5-6,9-14H2,1H3,(H,18,20). The first-order valence-electron chi connectivity index (χ1n) is 8.39. The molecule has 0 aliphatic carbocycles. The van der Waals surface area contributed by atoms with E-state index in [1.807, 2.05) is 24.3 Å². The minimum absolute atomic E-state index is 0.00472. The minimum atomic E-state index is -3.31. The number of carbonyl (C=O) groups is 1. The number of amides is 1. The van der Waals surface area contributed by atoms with Crippen LogP contribution in [0.3, 0.4) is 0 Å². The van der Waals surface area contributed by atoms with Crippen LogP contribution in [0, 0.1) is 0 Å². The fraction of sp³-hybridized carbons (Fsp3) is 0.588. The van der Waals surface area contributed by atoms with E-state index in [1.54, 1.807) is 7.11 Å². The fourth-order valence-corrected chi connectivity index (χ4v) is 4.34. The van der Waals surface area contributed by atoms with Crippen molar-refractivity contribution in [2.45, 2.75) is 32.1 Å². The van der Waals surface area contributed by atoms with Gasteiger partial charge >= 0.3 is 0 Å². The van der Waals surface area contributed by atoms with Crippen LogP contribution < -0.4 is 10.1 Å². The highest BCUT2D eigenvalue weighted by Crippen LogP contribution is 2.17. The molecular formula is C17H26N2O4S. The van der Waals surface area contributed by atoms with Gasteiger partial charge in [-0.2, -0.15) is 0 Å². The molecule has 1 aliphatic heterocycles. The smallest absolute Gasteiger partial charge is 0.221 e. The molecule has 0 atom stereocenters. The Labute approximate surface area is 144 Å². The summed E-state index contributed by atoms with van der Waals surface area (Å²) in [6.45, 7) is 1.62. The van der Waals surface area contributed by atoms with Crippen molar-refractivity contribution < 1.29 is 17.9 Å². The monoisotopic (exact) mass is 354 g/mol. The molecule has 2 rings (SSSR count). The third kappa shape index (κ3) is 5.49. The maximum absolute atomic E-state index is 12.2. The average Bonchev–Trinajstić information content (AvgIpc) is 2.61. The second kappa shape index (κ2) is 9.03. The summed E-state index contributed by atoms with van der Waals surface area (Å²) in [7, 11) is -1.70. The van der Waals surface area contributed by atoms with E-state index in [-0.39, 0.29) is 18.1 Å². The topological polar surface area (TPSA) is 75.7 Å². The molecule has 6 nitrogen and oxygen atoms in total. The van der Waals surface area contributed by atoms with E-state index in [0.29, 0.717) is 26.1 Å². The number of nitrogens with one attached hydrogen (secondary N) is 1. The van der Waals surface area contributed by atoms with Gasteiger partial charge in [0.2, 0.25) is 15.9 Å². The predicted octanol–water partition coefficient (Wildman–Crippen LogP) is 1.56. The summed E-state index contributed by atoms with van der Waals surface area (Å²) in [6.07, 6.45) is 3.55. The molecular weight excluding hydrogens is 328 g/mol. The van der Waals surface area contributed by atoms with E-state index in [9.17, 15) is 13.2 Å². The van der Waals surface area contributed by atoms with Gasteiger partial charge in [0.25, 0.3) is 0 Å². The predicted molar refractivity (Wildman–Crippen MR) is 93.5 cm³/mol. The molecule has 1 saturated heterocycles. The second-order valence-corrected chi connectivity index (χ2v) is 8.03. The van der Waals surface area contributed by atoms with Gasteiger partial charge in [-0.3, -0.25) is 4.79 Å². The molecule has 1 aliphatic rings. The number of piperidine rings is 1. The van der Waals surface area contributed by atoms with Crippen molar-refractivity contribution in [1.82, 2.24) is 9.62 Å². The highest BCUT2D eigenvalue weighted by Gasteiger charge is 2.24. The molecule has 0 bridgehead atoms. The molecule has 0 radical (unpaired) electrons. The third-order valence-electron chi connectivity index (χ3n) is 4.20. The summed E-state index contributed by atoms with van der Waals surface area (Å²) in [5.74, 6) is 0.443. The number of para-hydroxylation sites is 1. The number of benzene rings is 1. The Kier molecular flexibility index (Phi) is 7.05. The normalized spacial score (nSPS) is 15.9. The number of hydrogen-bond donors (Lipinski definition) is 1. The van der Waals surface area contributed by atoms with Gasteiger partial charge in [-0.1, -0.05) is 24.6 Å². The number of carbonyl (C=O) groups excluding carboxylic acids is 1. The Hall–Kier alpha value is -1.60. The van der Waals surface area contributed by atoms with Crippen LogP contribution in [0.5, 0.6) is 5.75 Å². The Bertz CT molecular complexity index is 640.